The van der Waals surface area contributed by atoms with Crippen LogP contribution in [0.25, 0.3) is 0 Å². The SMILES string of the molecule is CCCCCCCNC(=O)/C=C/C(=O)O. The van der Waals surface area contributed by atoms with Crippen molar-refractivity contribution in [3.63, 3.8) is 0 Å². The molecule has 0 unspecified atom stereocenters. The van der Waals surface area contributed by atoms with Crippen LogP contribution in [0.5, 0.6) is 0 Å². The standard InChI is InChI=1S/C11H19NO3/c1-2-3-4-5-6-9-12-10(13)7-8-11(14)15/h7-8H,2-6,9H2,1H3,(H,12,13)(H,14,15)/b8-7+. The van der Waals surface area contributed by atoms with Crippen LogP contribution in [0.4, 0.5) is 0 Å². The molecular formula is C11H19NO3. The van der Waals surface area contributed by atoms with Gasteiger partial charge in [0.05, 0.1) is 0 Å². The number of rotatable bonds is 8. The minimum Gasteiger partial charge on any atom is -0.478 e. The van der Waals surface area contributed by atoms with Gasteiger partial charge in [-0.15, -0.1) is 0 Å². The van der Waals surface area contributed by atoms with Gasteiger partial charge in [-0.1, -0.05) is 32.6 Å². The Labute approximate surface area is 90.4 Å². The van der Waals surface area contributed by atoms with Gasteiger partial charge in [0.1, 0.15) is 0 Å². The first-order chi connectivity index (χ1) is 7.16. The summed E-state index contributed by atoms with van der Waals surface area (Å²) in [4.78, 5) is 21.1. The number of hydrogen-bond donors (Lipinski definition) is 2. The van der Waals surface area contributed by atoms with Crippen LogP contribution in [-0.4, -0.2) is 23.5 Å². The number of carboxylic acids is 1. The number of aliphatic carboxylic acids is 1. The highest BCUT2D eigenvalue weighted by Gasteiger charge is 1.95. The number of nitrogens with one attached hydrogen (secondary N) is 1. The van der Waals surface area contributed by atoms with Crippen LogP contribution in [-0.2, 0) is 9.59 Å². The van der Waals surface area contributed by atoms with Crippen LogP contribution >= 0.6 is 0 Å². The maximum atomic E-state index is 11.0. The summed E-state index contributed by atoms with van der Waals surface area (Å²) in [5.74, 6) is -1.44. The third-order valence-electron chi connectivity index (χ3n) is 1.96. The first-order valence-electron chi connectivity index (χ1n) is 5.35. The van der Waals surface area contributed by atoms with Crippen molar-refractivity contribution in [3.8, 4) is 0 Å². The molecule has 0 spiro atoms. The van der Waals surface area contributed by atoms with Gasteiger partial charge < -0.3 is 10.4 Å². The van der Waals surface area contributed by atoms with Crippen molar-refractivity contribution in [1.82, 2.24) is 5.32 Å². The summed E-state index contributed by atoms with van der Waals surface area (Å²) in [6, 6.07) is 0. The van der Waals surface area contributed by atoms with Crippen LogP contribution in [0.1, 0.15) is 39.0 Å². The maximum absolute atomic E-state index is 11.0. The largest absolute Gasteiger partial charge is 0.478 e. The number of carboxylic acid groups (broad SMARTS) is 1. The summed E-state index contributed by atoms with van der Waals surface area (Å²) in [7, 11) is 0. The molecule has 0 aliphatic rings. The van der Waals surface area contributed by atoms with Gasteiger partial charge in [0, 0.05) is 18.7 Å². The Kier molecular flexibility index (Phi) is 8.43. The zero-order valence-corrected chi connectivity index (χ0v) is 9.16. The first kappa shape index (κ1) is 13.7. The van der Waals surface area contributed by atoms with E-state index in [1.165, 1.54) is 19.3 Å². The monoisotopic (exact) mass is 213 g/mol. The van der Waals surface area contributed by atoms with E-state index in [-0.39, 0.29) is 5.91 Å². The highest BCUT2D eigenvalue weighted by Crippen LogP contribution is 2.00. The number of unbranched alkanes of at least 4 members (excludes halogenated alkanes) is 4. The predicted octanol–water partition coefficient (Wildman–Crippen LogP) is 1.71. The van der Waals surface area contributed by atoms with Crippen LogP contribution < -0.4 is 5.32 Å². The number of carbonyl (C=O) groups is 2. The number of carbonyl (C=O) groups excluding carboxylic acids is 1. The van der Waals surface area contributed by atoms with Gasteiger partial charge in [-0.25, -0.2) is 4.79 Å². The summed E-state index contributed by atoms with van der Waals surface area (Å²) in [5, 5.41) is 10.9. The van der Waals surface area contributed by atoms with Crippen LogP contribution in [0.2, 0.25) is 0 Å². The Hall–Kier alpha value is -1.32. The van der Waals surface area contributed by atoms with Gasteiger partial charge in [0.25, 0.3) is 0 Å². The van der Waals surface area contributed by atoms with Gasteiger partial charge in [-0.2, -0.15) is 0 Å². The highest BCUT2D eigenvalue weighted by molar-refractivity contribution is 5.93. The highest BCUT2D eigenvalue weighted by atomic mass is 16.4. The van der Waals surface area contributed by atoms with Crippen molar-refractivity contribution in [2.45, 2.75) is 39.0 Å². The van der Waals surface area contributed by atoms with Gasteiger partial charge in [-0.3, -0.25) is 4.79 Å². The van der Waals surface area contributed by atoms with Crippen molar-refractivity contribution < 1.29 is 14.7 Å². The van der Waals surface area contributed by atoms with E-state index in [9.17, 15) is 9.59 Å². The molecule has 4 heteroatoms. The summed E-state index contributed by atoms with van der Waals surface area (Å²) >= 11 is 0. The summed E-state index contributed by atoms with van der Waals surface area (Å²) in [5.41, 5.74) is 0. The molecule has 4 nitrogen and oxygen atoms in total. The average molecular weight is 213 g/mol. The fourth-order valence-corrected chi connectivity index (χ4v) is 1.15. The molecule has 0 aliphatic heterocycles. The van der Waals surface area contributed by atoms with E-state index in [4.69, 9.17) is 5.11 Å². The van der Waals surface area contributed by atoms with Gasteiger partial charge in [-0.05, 0) is 6.42 Å². The van der Waals surface area contributed by atoms with E-state index in [1.54, 1.807) is 0 Å². The van der Waals surface area contributed by atoms with Gasteiger partial charge >= 0.3 is 5.97 Å². The molecule has 0 aliphatic carbocycles. The molecule has 1 amide bonds. The van der Waals surface area contributed by atoms with E-state index >= 15 is 0 Å². The Morgan fingerprint density at radius 2 is 1.80 bits per heavy atom. The smallest absolute Gasteiger partial charge is 0.328 e. The van der Waals surface area contributed by atoms with Crippen molar-refractivity contribution in [3.05, 3.63) is 12.2 Å². The zero-order valence-electron chi connectivity index (χ0n) is 9.16. The molecule has 0 rings (SSSR count). The zero-order chi connectivity index (χ0) is 11.5. The summed E-state index contributed by atoms with van der Waals surface area (Å²) in [6.45, 7) is 2.77. The van der Waals surface area contributed by atoms with E-state index in [2.05, 4.69) is 12.2 Å². The Bertz CT molecular complexity index is 224. The molecule has 0 aromatic heterocycles. The lowest BCUT2D eigenvalue weighted by molar-refractivity contribution is -0.131. The molecule has 0 atom stereocenters. The fraction of sp³-hybridized carbons (Fsp3) is 0.636. The molecule has 0 saturated carbocycles. The first-order valence-corrected chi connectivity index (χ1v) is 5.35. The quantitative estimate of drug-likeness (QED) is 0.476. The van der Waals surface area contributed by atoms with E-state index < -0.39 is 5.97 Å². The minimum absolute atomic E-state index is 0.340. The van der Waals surface area contributed by atoms with Crippen molar-refractivity contribution >= 4 is 11.9 Å². The lowest BCUT2D eigenvalue weighted by Gasteiger charge is -2.01. The van der Waals surface area contributed by atoms with E-state index in [1.807, 2.05) is 0 Å². The maximum Gasteiger partial charge on any atom is 0.328 e. The Balaban J connectivity index is 3.35. The second kappa shape index (κ2) is 9.24. The molecule has 0 saturated heterocycles. The predicted molar refractivity (Wildman–Crippen MR) is 58.5 cm³/mol. The molecule has 0 aromatic carbocycles. The average Bonchev–Trinajstić information content (AvgIpc) is 2.20. The number of hydrogen-bond acceptors (Lipinski definition) is 2. The van der Waals surface area contributed by atoms with E-state index in [0.29, 0.717) is 6.54 Å². The fourth-order valence-electron chi connectivity index (χ4n) is 1.15. The van der Waals surface area contributed by atoms with Crippen molar-refractivity contribution in [2.24, 2.45) is 0 Å². The minimum atomic E-state index is -1.10. The van der Waals surface area contributed by atoms with Crippen molar-refractivity contribution in [1.29, 1.82) is 0 Å². The lowest BCUT2D eigenvalue weighted by Crippen LogP contribution is -2.22. The van der Waals surface area contributed by atoms with Gasteiger partial charge in [0.15, 0.2) is 0 Å². The second-order valence-corrected chi connectivity index (χ2v) is 3.38. The lowest BCUT2D eigenvalue weighted by atomic mass is 10.1. The third kappa shape index (κ3) is 10.6. The van der Waals surface area contributed by atoms with Crippen LogP contribution in [0.3, 0.4) is 0 Å². The molecule has 0 heterocycles. The molecule has 86 valence electrons. The summed E-state index contributed by atoms with van der Waals surface area (Å²) in [6.07, 6.45) is 7.56. The summed E-state index contributed by atoms with van der Waals surface area (Å²) < 4.78 is 0. The molecular weight excluding hydrogens is 194 g/mol. The van der Waals surface area contributed by atoms with Crippen LogP contribution in [0, 0.1) is 0 Å². The second-order valence-electron chi connectivity index (χ2n) is 3.38. The molecule has 0 aromatic rings. The molecule has 15 heavy (non-hydrogen) atoms. The Morgan fingerprint density at radius 3 is 2.40 bits per heavy atom. The Morgan fingerprint density at radius 1 is 1.13 bits per heavy atom. The topological polar surface area (TPSA) is 66.4 Å². The third-order valence-corrected chi connectivity index (χ3v) is 1.96. The molecule has 0 radical (unpaired) electrons. The number of amides is 1. The normalized spacial score (nSPS) is 10.5. The molecule has 2 N–H and O–H groups in total. The van der Waals surface area contributed by atoms with Crippen molar-refractivity contribution in [2.75, 3.05) is 6.54 Å². The molecule has 0 bridgehead atoms. The van der Waals surface area contributed by atoms with Crippen LogP contribution in [0.15, 0.2) is 12.2 Å². The van der Waals surface area contributed by atoms with Gasteiger partial charge in [0.2, 0.25) is 5.91 Å². The molecule has 0 fully saturated rings. The van der Waals surface area contributed by atoms with E-state index in [0.717, 1.165) is 25.0 Å².